The van der Waals surface area contributed by atoms with Gasteiger partial charge in [-0.3, -0.25) is 4.90 Å². The molecule has 3 nitrogen and oxygen atoms in total. The highest BCUT2D eigenvalue weighted by Crippen LogP contribution is 2.29. The predicted octanol–water partition coefficient (Wildman–Crippen LogP) is 1.18. The second-order valence-electron chi connectivity index (χ2n) is 4.51. The standard InChI is InChI=1S/C10H19IN2O/c1-12-4-2-10(3-5-12)8-13(9-11)6-7-14-10/h2-9H2,1H3. The van der Waals surface area contributed by atoms with E-state index in [1.54, 1.807) is 0 Å². The largest absolute Gasteiger partial charge is 0.372 e. The van der Waals surface area contributed by atoms with Gasteiger partial charge < -0.3 is 9.64 Å². The van der Waals surface area contributed by atoms with Crippen LogP contribution >= 0.6 is 22.6 Å². The van der Waals surface area contributed by atoms with E-state index < -0.39 is 0 Å². The van der Waals surface area contributed by atoms with Crippen molar-refractivity contribution in [2.45, 2.75) is 18.4 Å². The number of nitrogens with zero attached hydrogens (tertiary/aromatic N) is 2. The molecular formula is C10H19IN2O. The Morgan fingerprint density at radius 1 is 1.29 bits per heavy atom. The number of rotatable bonds is 1. The first-order chi connectivity index (χ1) is 6.74. The maximum Gasteiger partial charge on any atom is 0.0834 e. The van der Waals surface area contributed by atoms with E-state index in [0.717, 1.165) is 24.2 Å². The molecule has 0 aromatic carbocycles. The van der Waals surface area contributed by atoms with Gasteiger partial charge in [0.2, 0.25) is 0 Å². The van der Waals surface area contributed by atoms with Crippen molar-refractivity contribution in [1.29, 1.82) is 0 Å². The van der Waals surface area contributed by atoms with Gasteiger partial charge in [-0.2, -0.15) is 0 Å². The van der Waals surface area contributed by atoms with Crippen LogP contribution in [0.4, 0.5) is 0 Å². The van der Waals surface area contributed by atoms with Crippen molar-refractivity contribution in [3.63, 3.8) is 0 Å². The summed E-state index contributed by atoms with van der Waals surface area (Å²) in [5.74, 6) is 0. The average Bonchev–Trinajstić information content (AvgIpc) is 2.23. The highest BCUT2D eigenvalue weighted by Gasteiger charge is 2.38. The van der Waals surface area contributed by atoms with Gasteiger partial charge in [-0.1, -0.05) is 22.6 Å². The van der Waals surface area contributed by atoms with Crippen LogP contribution in [0.5, 0.6) is 0 Å². The number of alkyl halides is 1. The molecular weight excluding hydrogens is 291 g/mol. The lowest BCUT2D eigenvalue weighted by molar-refractivity contribution is -0.129. The first kappa shape index (κ1) is 11.1. The van der Waals surface area contributed by atoms with Crippen molar-refractivity contribution in [1.82, 2.24) is 9.80 Å². The molecule has 2 fully saturated rings. The molecule has 0 aromatic rings. The number of piperidine rings is 1. The Bertz CT molecular complexity index is 193. The van der Waals surface area contributed by atoms with E-state index >= 15 is 0 Å². The summed E-state index contributed by atoms with van der Waals surface area (Å²) in [7, 11) is 2.20. The summed E-state index contributed by atoms with van der Waals surface area (Å²) in [5.41, 5.74) is 0.190. The first-order valence-corrected chi connectivity index (χ1v) is 6.87. The van der Waals surface area contributed by atoms with Gasteiger partial charge in [0, 0.05) is 26.2 Å². The van der Waals surface area contributed by atoms with Gasteiger partial charge in [0.15, 0.2) is 0 Å². The topological polar surface area (TPSA) is 15.7 Å². The van der Waals surface area contributed by atoms with E-state index in [1.165, 1.54) is 25.9 Å². The van der Waals surface area contributed by atoms with Crippen LogP contribution in [0.2, 0.25) is 0 Å². The van der Waals surface area contributed by atoms with Gasteiger partial charge in [0.1, 0.15) is 0 Å². The summed E-state index contributed by atoms with van der Waals surface area (Å²) in [6.07, 6.45) is 2.41. The van der Waals surface area contributed by atoms with Crippen molar-refractivity contribution in [3.8, 4) is 0 Å². The third-order valence-corrected chi connectivity index (χ3v) is 4.36. The van der Waals surface area contributed by atoms with Crippen molar-refractivity contribution in [2.24, 2.45) is 0 Å². The van der Waals surface area contributed by atoms with Gasteiger partial charge in [0.25, 0.3) is 0 Å². The summed E-state index contributed by atoms with van der Waals surface area (Å²) in [6, 6.07) is 0. The van der Waals surface area contributed by atoms with E-state index in [4.69, 9.17) is 4.74 Å². The Balaban J connectivity index is 1.94. The molecule has 0 aliphatic carbocycles. The third-order valence-electron chi connectivity index (χ3n) is 3.39. The Labute approximate surface area is 99.9 Å². The van der Waals surface area contributed by atoms with Gasteiger partial charge in [-0.15, -0.1) is 0 Å². The monoisotopic (exact) mass is 310 g/mol. The van der Waals surface area contributed by atoms with Crippen LogP contribution in [0, 0.1) is 0 Å². The fourth-order valence-corrected chi connectivity index (χ4v) is 2.94. The highest BCUT2D eigenvalue weighted by atomic mass is 127. The molecule has 0 aromatic heterocycles. The normalized spacial score (nSPS) is 29.6. The van der Waals surface area contributed by atoms with Gasteiger partial charge in [-0.05, 0) is 19.9 Å². The fraction of sp³-hybridized carbons (Fsp3) is 1.00. The summed E-state index contributed by atoms with van der Waals surface area (Å²) in [4.78, 5) is 4.91. The number of hydrogen-bond donors (Lipinski definition) is 0. The SMILES string of the molecule is CN1CCC2(CC1)CN(CI)CCO2. The quantitative estimate of drug-likeness (QED) is 0.411. The second-order valence-corrected chi connectivity index (χ2v) is 5.19. The Morgan fingerprint density at radius 3 is 2.64 bits per heavy atom. The van der Waals surface area contributed by atoms with E-state index in [2.05, 4.69) is 39.4 Å². The lowest BCUT2D eigenvalue weighted by Crippen LogP contribution is -2.56. The minimum absolute atomic E-state index is 0.190. The molecule has 82 valence electrons. The second kappa shape index (κ2) is 4.63. The molecule has 2 rings (SSSR count). The van der Waals surface area contributed by atoms with Gasteiger partial charge in [-0.25, -0.2) is 0 Å². The van der Waals surface area contributed by atoms with Crippen molar-refractivity contribution >= 4 is 22.6 Å². The summed E-state index contributed by atoms with van der Waals surface area (Å²) in [5, 5.41) is 0. The summed E-state index contributed by atoms with van der Waals surface area (Å²) < 4.78 is 7.15. The number of hydrogen-bond acceptors (Lipinski definition) is 3. The summed E-state index contributed by atoms with van der Waals surface area (Å²) in [6.45, 7) is 5.56. The molecule has 0 bridgehead atoms. The zero-order chi connectivity index (χ0) is 10.0. The van der Waals surface area contributed by atoms with E-state index in [1.807, 2.05) is 0 Å². The Hall–Kier alpha value is 0.610. The molecule has 0 radical (unpaired) electrons. The van der Waals surface area contributed by atoms with E-state index in [0.29, 0.717) is 0 Å². The van der Waals surface area contributed by atoms with Crippen LogP contribution in [0.15, 0.2) is 0 Å². The maximum atomic E-state index is 6.02. The lowest BCUT2D eigenvalue weighted by Gasteiger charge is -2.46. The molecule has 2 aliphatic heterocycles. The van der Waals surface area contributed by atoms with Crippen LogP contribution in [-0.2, 0) is 4.74 Å². The van der Waals surface area contributed by atoms with E-state index in [9.17, 15) is 0 Å². The molecule has 0 atom stereocenters. The minimum atomic E-state index is 0.190. The third kappa shape index (κ3) is 2.40. The van der Waals surface area contributed by atoms with Gasteiger partial charge in [0.05, 0.1) is 16.8 Å². The van der Waals surface area contributed by atoms with Crippen LogP contribution in [0.3, 0.4) is 0 Å². The van der Waals surface area contributed by atoms with Gasteiger partial charge >= 0.3 is 0 Å². The van der Waals surface area contributed by atoms with Crippen molar-refractivity contribution in [3.05, 3.63) is 0 Å². The maximum absolute atomic E-state index is 6.02. The predicted molar refractivity (Wildman–Crippen MR) is 65.9 cm³/mol. The van der Waals surface area contributed by atoms with Crippen LogP contribution < -0.4 is 0 Å². The first-order valence-electron chi connectivity index (χ1n) is 5.35. The molecule has 2 heterocycles. The average molecular weight is 310 g/mol. The number of likely N-dealkylation sites (tertiary alicyclic amines) is 1. The number of morpholine rings is 1. The molecule has 0 saturated carbocycles. The molecule has 2 saturated heterocycles. The van der Waals surface area contributed by atoms with Crippen LogP contribution in [0.25, 0.3) is 0 Å². The Kier molecular flexibility index (Phi) is 3.68. The molecule has 0 unspecified atom stereocenters. The van der Waals surface area contributed by atoms with Crippen LogP contribution in [-0.4, -0.2) is 59.8 Å². The molecule has 1 spiro atoms. The molecule has 2 aliphatic rings. The zero-order valence-electron chi connectivity index (χ0n) is 8.84. The fourth-order valence-electron chi connectivity index (χ4n) is 2.35. The molecule has 0 amide bonds. The zero-order valence-corrected chi connectivity index (χ0v) is 11.0. The lowest BCUT2D eigenvalue weighted by atomic mass is 9.90. The van der Waals surface area contributed by atoms with Crippen molar-refractivity contribution in [2.75, 3.05) is 44.4 Å². The number of ether oxygens (including phenoxy) is 1. The number of halogens is 1. The minimum Gasteiger partial charge on any atom is -0.372 e. The summed E-state index contributed by atoms with van der Waals surface area (Å²) >= 11 is 2.45. The van der Waals surface area contributed by atoms with Crippen LogP contribution in [0.1, 0.15) is 12.8 Å². The van der Waals surface area contributed by atoms with Crippen molar-refractivity contribution < 1.29 is 4.74 Å². The molecule has 0 N–H and O–H groups in total. The molecule has 4 heteroatoms. The highest BCUT2D eigenvalue weighted by molar-refractivity contribution is 14.1. The Morgan fingerprint density at radius 2 is 2.00 bits per heavy atom. The van der Waals surface area contributed by atoms with E-state index in [-0.39, 0.29) is 5.60 Å². The molecule has 14 heavy (non-hydrogen) atoms. The smallest absolute Gasteiger partial charge is 0.0834 e.